The van der Waals surface area contributed by atoms with Crippen molar-refractivity contribution >= 4 is 39.9 Å². The van der Waals surface area contributed by atoms with E-state index in [2.05, 4.69) is 20.9 Å². The summed E-state index contributed by atoms with van der Waals surface area (Å²) in [4.78, 5) is 39.5. The van der Waals surface area contributed by atoms with Crippen molar-refractivity contribution in [1.29, 1.82) is 0 Å². The molecule has 0 spiro atoms. The van der Waals surface area contributed by atoms with Gasteiger partial charge in [0.1, 0.15) is 6.04 Å². The number of anilines is 2. The lowest BCUT2D eigenvalue weighted by atomic mass is 10.2. The molecule has 1 fully saturated rings. The minimum Gasteiger partial charge on any atom is -0.344 e. The van der Waals surface area contributed by atoms with Crippen molar-refractivity contribution in [3.63, 3.8) is 0 Å². The van der Waals surface area contributed by atoms with E-state index in [4.69, 9.17) is 0 Å². The minimum absolute atomic E-state index is 0.118. The Bertz CT molecular complexity index is 818. The quantitative estimate of drug-likeness (QED) is 0.759. The molecule has 0 aliphatic carbocycles. The number of thiazole rings is 1. The summed E-state index contributed by atoms with van der Waals surface area (Å²) in [5.74, 6) is -0.569. The molecule has 3 N–H and O–H groups in total. The van der Waals surface area contributed by atoms with Crippen LogP contribution in [0.1, 0.15) is 24.1 Å². The molecule has 25 heavy (non-hydrogen) atoms. The van der Waals surface area contributed by atoms with Gasteiger partial charge in [-0.05, 0) is 31.0 Å². The van der Waals surface area contributed by atoms with Crippen molar-refractivity contribution in [2.45, 2.75) is 32.2 Å². The van der Waals surface area contributed by atoms with Crippen molar-refractivity contribution in [1.82, 2.24) is 10.3 Å². The largest absolute Gasteiger partial charge is 0.344 e. The van der Waals surface area contributed by atoms with Gasteiger partial charge in [-0.25, -0.2) is 4.98 Å². The summed E-state index contributed by atoms with van der Waals surface area (Å²) in [6.07, 6.45) is 0.975. The maximum absolute atomic E-state index is 12.1. The lowest BCUT2D eigenvalue weighted by molar-refractivity contribution is -0.122. The Labute approximate surface area is 148 Å². The molecule has 3 amide bonds. The molecule has 8 heteroatoms. The lowest BCUT2D eigenvalue weighted by Crippen LogP contribution is -2.37. The van der Waals surface area contributed by atoms with Crippen LogP contribution in [-0.4, -0.2) is 28.7 Å². The van der Waals surface area contributed by atoms with Crippen LogP contribution in [0.4, 0.5) is 10.8 Å². The molecule has 1 aliphatic heterocycles. The SMILES string of the molecule is Cc1cccc(NC(=O)Cc2csc(NC(=O)C3CCC(=O)N3)n2)c1. The van der Waals surface area contributed by atoms with Gasteiger partial charge in [-0.3, -0.25) is 14.4 Å². The monoisotopic (exact) mass is 358 g/mol. The predicted octanol–water partition coefficient (Wildman–Crippen LogP) is 1.85. The highest BCUT2D eigenvalue weighted by molar-refractivity contribution is 7.13. The second-order valence-corrected chi connectivity index (χ2v) is 6.74. The molecule has 0 bridgehead atoms. The number of amides is 3. The Morgan fingerprint density at radius 3 is 2.92 bits per heavy atom. The molecule has 7 nitrogen and oxygen atoms in total. The molecule has 1 atom stereocenters. The first-order valence-electron chi connectivity index (χ1n) is 7.91. The number of hydrogen-bond donors (Lipinski definition) is 3. The van der Waals surface area contributed by atoms with E-state index < -0.39 is 6.04 Å². The summed E-state index contributed by atoms with van der Waals surface area (Å²) in [5, 5.41) is 10.3. The van der Waals surface area contributed by atoms with Gasteiger partial charge in [-0.1, -0.05) is 12.1 Å². The lowest BCUT2D eigenvalue weighted by Gasteiger charge is -2.08. The maximum Gasteiger partial charge on any atom is 0.248 e. The normalized spacial score (nSPS) is 16.4. The third-order valence-electron chi connectivity index (χ3n) is 3.74. The van der Waals surface area contributed by atoms with Crippen molar-refractivity contribution in [3.05, 3.63) is 40.9 Å². The van der Waals surface area contributed by atoms with Crippen molar-refractivity contribution in [2.75, 3.05) is 10.6 Å². The molecule has 0 saturated carbocycles. The van der Waals surface area contributed by atoms with Crippen LogP contribution in [0.25, 0.3) is 0 Å². The molecule has 1 aromatic carbocycles. The molecule has 0 radical (unpaired) electrons. The standard InChI is InChI=1S/C17H18N4O3S/c1-10-3-2-4-11(7-10)18-15(23)8-12-9-25-17(19-12)21-16(24)13-5-6-14(22)20-13/h2-4,7,9,13H,5-6,8H2,1H3,(H,18,23)(H,20,22)(H,19,21,24). The van der Waals surface area contributed by atoms with Crippen LogP contribution in [0, 0.1) is 6.92 Å². The van der Waals surface area contributed by atoms with Crippen LogP contribution in [0.2, 0.25) is 0 Å². The zero-order valence-electron chi connectivity index (χ0n) is 13.7. The first-order valence-corrected chi connectivity index (χ1v) is 8.79. The Balaban J connectivity index is 1.53. The van der Waals surface area contributed by atoms with Gasteiger partial charge in [0.2, 0.25) is 17.7 Å². The van der Waals surface area contributed by atoms with Crippen LogP contribution >= 0.6 is 11.3 Å². The van der Waals surface area contributed by atoms with E-state index in [-0.39, 0.29) is 24.1 Å². The van der Waals surface area contributed by atoms with E-state index in [9.17, 15) is 14.4 Å². The number of carbonyl (C=O) groups excluding carboxylic acids is 3. The number of hydrogen-bond acceptors (Lipinski definition) is 5. The van der Waals surface area contributed by atoms with E-state index >= 15 is 0 Å². The van der Waals surface area contributed by atoms with Crippen molar-refractivity contribution in [3.8, 4) is 0 Å². The van der Waals surface area contributed by atoms with Gasteiger partial charge in [0.15, 0.2) is 5.13 Å². The average Bonchev–Trinajstić information content (AvgIpc) is 3.16. The number of rotatable bonds is 5. The summed E-state index contributed by atoms with van der Waals surface area (Å²) in [7, 11) is 0. The van der Waals surface area contributed by atoms with Crippen LogP contribution in [-0.2, 0) is 20.8 Å². The Kier molecular flexibility index (Phi) is 5.08. The van der Waals surface area contributed by atoms with Gasteiger partial charge in [-0.15, -0.1) is 11.3 Å². The van der Waals surface area contributed by atoms with E-state index in [0.29, 0.717) is 23.7 Å². The zero-order valence-corrected chi connectivity index (χ0v) is 14.5. The molecule has 1 aliphatic rings. The summed E-state index contributed by atoms with van der Waals surface area (Å²) >= 11 is 1.25. The van der Waals surface area contributed by atoms with Crippen LogP contribution in [0.15, 0.2) is 29.6 Å². The van der Waals surface area contributed by atoms with Crippen LogP contribution < -0.4 is 16.0 Å². The van der Waals surface area contributed by atoms with Gasteiger partial charge in [0.25, 0.3) is 0 Å². The molecule has 2 aromatic rings. The molecule has 1 unspecified atom stereocenters. The first-order chi connectivity index (χ1) is 12.0. The Hall–Kier alpha value is -2.74. The Morgan fingerprint density at radius 2 is 2.20 bits per heavy atom. The molecule has 2 heterocycles. The summed E-state index contributed by atoms with van der Waals surface area (Å²) in [6.45, 7) is 1.96. The van der Waals surface area contributed by atoms with Gasteiger partial charge >= 0.3 is 0 Å². The van der Waals surface area contributed by atoms with Crippen LogP contribution in [0.3, 0.4) is 0 Å². The minimum atomic E-state index is -0.510. The molecule has 3 rings (SSSR count). The number of aromatic nitrogens is 1. The fourth-order valence-corrected chi connectivity index (χ4v) is 3.25. The topological polar surface area (TPSA) is 100 Å². The molecule has 1 aromatic heterocycles. The second kappa shape index (κ2) is 7.43. The van der Waals surface area contributed by atoms with Gasteiger partial charge in [0.05, 0.1) is 12.1 Å². The third-order valence-corrected chi connectivity index (χ3v) is 4.54. The predicted molar refractivity (Wildman–Crippen MR) is 95.4 cm³/mol. The maximum atomic E-state index is 12.1. The molecular formula is C17H18N4O3S. The molecule has 130 valence electrons. The smallest absolute Gasteiger partial charge is 0.248 e. The highest BCUT2D eigenvalue weighted by atomic mass is 32.1. The van der Waals surface area contributed by atoms with E-state index in [1.54, 1.807) is 5.38 Å². The summed E-state index contributed by atoms with van der Waals surface area (Å²) < 4.78 is 0. The summed E-state index contributed by atoms with van der Waals surface area (Å²) in [6, 6.07) is 7.04. The number of benzene rings is 1. The van der Waals surface area contributed by atoms with Gasteiger partial charge in [-0.2, -0.15) is 0 Å². The van der Waals surface area contributed by atoms with E-state index in [1.165, 1.54) is 11.3 Å². The Morgan fingerprint density at radius 1 is 1.36 bits per heavy atom. The first kappa shape index (κ1) is 17.1. The number of nitrogens with zero attached hydrogens (tertiary/aromatic N) is 1. The highest BCUT2D eigenvalue weighted by Gasteiger charge is 2.27. The highest BCUT2D eigenvalue weighted by Crippen LogP contribution is 2.18. The zero-order chi connectivity index (χ0) is 17.8. The van der Waals surface area contributed by atoms with Gasteiger partial charge in [0, 0.05) is 17.5 Å². The average molecular weight is 358 g/mol. The van der Waals surface area contributed by atoms with Gasteiger partial charge < -0.3 is 16.0 Å². The van der Waals surface area contributed by atoms with Crippen molar-refractivity contribution < 1.29 is 14.4 Å². The van der Waals surface area contributed by atoms with E-state index in [1.807, 2.05) is 31.2 Å². The second-order valence-electron chi connectivity index (χ2n) is 5.89. The van der Waals surface area contributed by atoms with Crippen LogP contribution in [0.5, 0.6) is 0 Å². The third kappa shape index (κ3) is 4.63. The number of carbonyl (C=O) groups is 3. The molecule has 1 saturated heterocycles. The summed E-state index contributed by atoms with van der Waals surface area (Å²) in [5.41, 5.74) is 2.39. The fraction of sp³-hybridized carbons (Fsp3) is 0.294. The fourth-order valence-electron chi connectivity index (χ4n) is 2.54. The van der Waals surface area contributed by atoms with E-state index in [0.717, 1.165) is 11.3 Å². The molecular weight excluding hydrogens is 340 g/mol. The number of nitrogens with one attached hydrogen (secondary N) is 3. The van der Waals surface area contributed by atoms with Crippen molar-refractivity contribution in [2.24, 2.45) is 0 Å². The number of aryl methyl sites for hydroxylation is 1.